The highest BCUT2D eigenvalue weighted by Crippen LogP contribution is 2.30. The molecule has 0 atom stereocenters. The normalized spacial score (nSPS) is 11.5. The molecule has 0 fully saturated rings. The van der Waals surface area contributed by atoms with Crippen molar-refractivity contribution in [1.82, 2.24) is 24.8 Å². The molecule has 0 bridgehead atoms. The lowest BCUT2D eigenvalue weighted by atomic mass is 10.1. The summed E-state index contributed by atoms with van der Waals surface area (Å²) in [6, 6.07) is 16.9. The van der Waals surface area contributed by atoms with Crippen molar-refractivity contribution in [1.29, 1.82) is 0 Å². The molecule has 0 unspecified atom stereocenters. The first-order valence-corrected chi connectivity index (χ1v) is 13.4. The van der Waals surface area contributed by atoms with Crippen LogP contribution in [-0.4, -0.2) is 39.0 Å². The van der Waals surface area contributed by atoms with Crippen molar-refractivity contribution >= 4 is 34.3 Å². The Morgan fingerprint density at radius 1 is 0.953 bits per heavy atom. The van der Waals surface area contributed by atoms with Crippen LogP contribution in [-0.2, 0) is 12.6 Å². The van der Waals surface area contributed by atoms with E-state index in [0.29, 0.717) is 28.0 Å². The number of hydrogen-bond acceptors (Lipinski definition) is 7. The maximum Gasteiger partial charge on any atom is 0.416 e. The SMILES string of the molecule is CNCCc1cccc(Nc2ncc3c(C)n(-c4cc(NC(=O)c5cccc(C(F)(F)F)c5)ccc4C)c(=O)nc3n2)c1. The third-order valence-electron chi connectivity index (χ3n) is 6.89. The van der Waals surface area contributed by atoms with Gasteiger partial charge in [-0.2, -0.15) is 23.1 Å². The van der Waals surface area contributed by atoms with Crippen LogP contribution in [0.3, 0.4) is 0 Å². The zero-order valence-electron chi connectivity index (χ0n) is 23.6. The van der Waals surface area contributed by atoms with Gasteiger partial charge in [0.05, 0.1) is 16.6 Å². The summed E-state index contributed by atoms with van der Waals surface area (Å²) in [6.45, 7) is 4.37. The second-order valence-electron chi connectivity index (χ2n) is 9.96. The zero-order chi connectivity index (χ0) is 30.7. The minimum absolute atomic E-state index is 0.149. The molecule has 2 aromatic heterocycles. The maximum atomic E-state index is 13.3. The molecule has 2 heterocycles. The van der Waals surface area contributed by atoms with Crippen LogP contribution in [0.4, 0.5) is 30.5 Å². The van der Waals surface area contributed by atoms with E-state index < -0.39 is 23.3 Å². The Labute approximate surface area is 244 Å². The molecular formula is C31H28F3N7O2. The fourth-order valence-electron chi connectivity index (χ4n) is 4.63. The third kappa shape index (κ3) is 6.54. The quantitative estimate of drug-likeness (QED) is 0.218. The smallest absolute Gasteiger partial charge is 0.324 e. The highest BCUT2D eigenvalue weighted by molar-refractivity contribution is 6.04. The van der Waals surface area contributed by atoms with E-state index in [0.717, 1.165) is 36.3 Å². The Morgan fingerprint density at radius 2 is 1.74 bits per heavy atom. The molecule has 9 nitrogen and oxygen atoms in total. The van der Waals surface area contributed by atoms with Gasteiger partial charge in [-0.15, -0.1) is 0 Å². The minimum atomic E-state index is -4.58. The van der Waals surface area contributed by atoms with Gasteiger partial charge in [0.15, 0.2) is 5.65 Å². The molecule has 0 aliphatic heterocycles. The molecule has 0 spiro atoms. The molecule has 5 aromatic rings. The van der Waals surface area contributed by atoms with Gasteiger partial charge in [-0.3, -0.25) is 9.36 Å². The van der Waals surface area contributed by atoms with Gasteiger partial charge in [-0.05, 0) is 87.5 Å². The van der Waals surface area contributed by atoms with Crippen LogP contribution < -0.4 is 21.6 Å². The summed E-state index contributed by atoms with van der Waals surface area (Å²) < 4.78 is 40.7. The number of fused-ring (bicyclic) bond motifs is 1. The fraction of sp³-hybridized carbons (Fsp3) is 0.194. The lowest BCUT2D eigenvalue weighted by molar-refractivity contribution is -0.137. The van der Waals surface area contributed by atoms with Gasteiger partial charge < -0.3 is 16.0 Å². The predicted molar refractivity (Wildman–Crippen MR) is 159 cm³/mol. The lowest BCUT2D eigenvalue weighted by Gasteiger charge is -2.16. The van der Waals surface area contributed by atoms with Gasteiger partial charge in [0.25, 0.3) is 5.91 Å². The Balaban J connectivity index is 1.43. The van der Waals surface area contributed by atoms with Crippen molar-refractivity contribution in [3.05, 3.63) is 111 Å². The molecule has 0 aliphatic rings. The molecule has 0 saturated heterocycles. The molecule has 43 heavy (non-hydrogen) atoms. The molecule has 12 heteroatoms. The van der Waals surface area contributed by atoms with Gasteiger partial charge in [0.1, 0.15) is 0 Å². The third-order valence-corrected chi connectivity index (χ3v) is 6.89. The monoisotopic (exact) mass is 587 g/mol. The summed E-state index contributed by atoms with van der Waals surface area (Å²) in [5, 5.41) is 9.45. The largest absolute Gasteiger partial charge is 0.416 e. The Hall–Kier alpha value is -5.10. The van der Waals surface area contributed by atoms with Crippen molar-refractivity contribution in [2.24, 2.45) is 0 Å². The number of nitrogens with one attached hydrogen (secondary N) is 3. The predicted octanol–water partition coefficient (Wildman–Crippen LogP) is 5.57. The summed E-state index contributed by atoms with van der Waals surface area (Å²) >= 11 is 0. The van der Waals surface area contributed by atoms with E-state index in [-0.39, 0.29) is 17.2 Å². The summed E-state index contributed by atoms with van der Waals surface area (Å²) in [5.41, 5.74) is 2.47. The van der Waals surface area contributed by atoms with Crippen LogP contribution in [0.25, 0.3) is 16.7 Å². The topological polar surface area (TPSA) is 114 Å². The summed E-state index contributed by atoms with van der Waals surface area (Å²) in [5.74, 6) is -0.430. The van der Waals surface area contributed by atoms with Crippen molar-refractivity contribution in [2.75, 3.05) is 24.2 Å². The average Bonchev–Trinajstić information content (AvgIpc) is 2.97. The van der Waals surface area contributed by atoms with E-state index in [2.05, 4.69) is 30.9 Å². The van der Waals surface area contributed by atoms with Gasteiger partial charge in [0.2, 0.25) is 5.95 Å². The van der Waals surface area contributed by atoms with Crippen LogP contribution in [0.5, 0.6) is 0 Å². The number of anilines is 3. The number of nitrogens with zero attached hydrogens (tertiary/aromatic N) is 4. The van der Waals surface area contributed by atoms with Gasteiger partial charge >= 0.3 is 11.9 Å². The molecule has 220 valence electrons. The first kappa shape index (κ1) is 29.4. The molecule has 0 saturated carbocycles. The molecule has 0 radical (unpaired) electrons. The first-order chi connectivity index (χ1) is 20.5. The number of halogens is 3. The van der Waals surface area contributed by atoms with Crippen molar-refractivity contribution in [3.63, 3.8) is 0 Å². The molecule has 0 aliphatic carbocycles. The van der Waals surface area contributed by atoms with Crippen LogP contribution in [0, 0.1) is 13.8 Å². The maximum absolute atomic E-state index is 13.3. The van der Waals surface area contributed by atoms with Gasteiger partial charge in [0, 0.05) is 28.8 Å². The molecule has 5 rings (SSSR count). The standard InChI is InChI=1S/C31H28F3N7O2/c1-18-10-11-24(37-28(42)21-7-5-8-22(15-21)31(32,33)34)16-26(18)41-19(2)25-17-36-29(39-27(25)40-30(41)43)38-23-9-4-6-20(14-23)12-13-35-3/h4-11,14-17,35H,12-13H2,1-3H3,(H,37,42)(H,38,39,40,43). The number of carbonyl (C=O) groups is 1. The second kappa shape index (κ2) is 12.0. The first-order valence-electron chi connectivity index (χ1n) is 13.4. The number of carbonyl (C=O) groups excluding carboxylic acids is 1. The van der Waals surface area contributed by atoms with Crippen LogP contribution in [0.15, 0.2) is 77.7 Å². The van der Waals surface area contributed by atoms with E-state index in [1.54, 1.807) is 38.2 Å². The van der Waals surface area contributed by atoms with E-state index in [4.69, 9.17) is 0 Å². The van der Waals surface area contributed by atoms with Crippen molar-refractivity contribution < 1.29 is 18.0 Å². The van der Waals surface area contributed by atoms with E-state index in [1.165, 1.54) is 16.7 Å². The Kier molecular flexibility index (Phi) is 8.22. The van der Waals surface area contributed by atoms with E-state index in [9.17, 15) is 22.8 Å². The number of amides is 1. The summed E-state index contributed by atoms with van der Waals surface area (Å²) in [4.78, 5) is 39.1. The zero-order valence-corrected chi connectivity index (χ0v) is 23.6. The second-order valence-corrected chi connectivity index (χ2v) is 9.96. The Bertz CT molecular complexity index is 1890. The number of aryl methyl sites for hydroxylation is 2. The van der Waals surface area contributed by atoms with Gasteiger partial charge in [-0.25, -0.2) is 9.78 Å². The number of aromatic nitrogens is 4. The summed E-state index contributed by atoms with van der Waals surface area (Å²) in [6.07, 6.45) is -2.13. The number of alkyl halides is 3. The number of benzene rings is 3. The van der Waals surface area contributed by atoms with E-state index in [1.807, 2.05) is 31.3 Å². The highest BCUT2D eigenvalue weighted by atomic mass is 19.4. The molecule has 3 aromatic carbocycles. The lowest BCUT2D eigenvalue weighted by Crippen LogP contribution is -2.25. The van der Waals surface area contributed by atoms with Crippen molar-refractivity contribution in [2.45, 2.75) is 26.4 Å². The van der Waals surface area contributed by atoms with Crippen LogP contribution in [0.2, 0.25) is 0 Å². The Morgan fingerprint density at radius 3 is 2.51 bits per heavy atom. The average molecular weight is 588 g/mol. The fourth-order valence-corrected chi connectivity index (χ4v) is 4.63. The van der Waals surface area contributed by atoms with Crippen molar-refractivity contribution in [3.8, 4) is 5.69 Å². The highest BCUT2D eigenvalue weighted by Gasteiger charge is 2.31. The molecule has 1 amide bonds. The van der Waals surface area contributed by atoms with Crippen LogP contribution in [0.1, 0.15) is 32.7 Å². The minimum Gasteiger partial charge on any atom is -0.324 e. The van der Waals surface area contributed by atoms with Crippen LogP contribution >= 0.6 is 0 Å². The number of hydrogen-bond donors (Lipinski definition) is 3. The van der Waals surface area contributed by atoms with E-state index >= 15 is 0 Å². The van der Waals surface area contributed by atoms with Gasteiger partial charge in [-0.1, -0.05) is 24.3 Å². The molecule has 3 N–H and O–H groups in total. The number of likely N-dealkylation sites (N-methyl/N-ethyl adjacent to an activating group) is 1. The summed E-state index contributed by atoms with van der Waals surface area (Å²) in [7, 11) is 1.90. The molecular weight excluding hydrogens is 559 g/mol. The number of rotatable bonds is 8.